The molecule has 0 saturated heterocycles. The molecule has 1 heteroatoms. The summed E-state index contributed by atoms with van der Waals surface area (Å²) in [7, 11) is 0. The van der Waals surface area contributed by atoms with Crippen molar-refractivity contribution in [1.82, 2.24) is 0 Å². The Hall–Kier alpha value is -4.72. The van der Waals surface area contributed by atoms with Gasteiger partial charge in [0, 0.05) is 15.0 Å². The van der Waals surface area contributed by atoms with E-state index in [1.165, 1.54) is 85.9 Å². The second-order valence-corrected chi connectivity index (χ2v) is 12.3. The fourth-order valence-corrected chi connectivity index (χ4v) is 8.29. The lowest BCUT2D eigenvalue weighted by Crippen LogP contribution is -1.92. The number of fused-ring (bicyclic) bond motifs is 8. The van der Waals surface area contributed by atoms with Gasteiger partial charge in [-0.1, -0.05) is 115 Å². The first-order chi connectivity index (χ1) is 20.3. The molecular formula is C40H26S. The van der Waals surface area contributed by atoms with Crippen molar-refractivity contribution >= 4 is 70.6 Å². The van der Waals surface area contributed by atoms with Crippen LogP contribution in [0.2, 0.25) is 0 Å². The number of hydrogen-bond acceptors (Lipinski definition) is 1. The fraction of sp³-hybridized carbons (Fsp3) is 0.0500. The predicted molar refractivity (Wildman–Crippen MR) is 180 cm³/mol. The Labute approximate surface area is 242 Å². The predicted octanol–water partition coefficient (Wildman–Crippen LogP) is 11.8. The first-order valence-corrected chi connectivity index (χ1v) is 15.2. The summed E-state index contributed by atoms with van der Waals surface area (Å²) in [4.78, 5) is 1.52. The molecule has 1 aliphatic rings. The van der Waals surface area contributed by atoms with E-state index in [9.17, 15) is 0 Å². The highest BCUT2D eigenvalue weighted by atomic mass is 32.1. The van der Waals surface area contributed by atoms with E-state index in [2.05, 4.69) is 133 Å². The molecule has 7 aromatic carbocycles. The number of thiophene rings is 1. The standard InChI is InChI=1S/C40H26S/c1-2-12-27-25(11-1)23-36(29-14-4-3-13-28(27)29)40-33-18-7-5-16-31(33)39(32-17-6-8-19-34(32)40)26-21-22-38-35(24-26)30-15-9-10-20-37(30)41-38/h1-9,11-19,21-24H,10,20H2. The normalized spacial score (nSPS) is 13.1. The van der Waals surface area contributed by atoms with Crippen molar-refractivity contribution < 1.29 is 0 Å². The summed E-state index contributed by atoms with van der Waals surface area (Å²) in [6, 6.07) is 45.2. The number of allylic oxidation sites excluding steroid dienone is 1. The van der Waals surface area contributed by atoms with Crippen molar-refractivity contribution in [2.75, 3.05) is 0 Å². The minimum atomic E-state index is 1.15. The van der Waals surface area contributed by atoms with Crippen LogP contribution in [0.1, 0.15) is 16.9 Å². The van der Waals surface area contributed by atoms with Crippen LogP contribution in [0.3, 0.4) is 0 Å². The maximum absolute atomic E-state index is 2.44. The Kier molecular flexibility index (Phi) is 5.00. The van der Waals surface area contributed by atoms with Gasteiger partial charge in [-0.15, -0.1) is 11.3 Å². The molecule has 9 rings (SSSR count). The molecule has 0 bridgehead atoms. The zero-order chi connectivity index (χ0) is 26.9. The van der Waals surface area contributed by atoms with Crippen LogP contribution >= 0.6 is 11.3 Å². The molecule has 0 aliphatic heterocycles. The van der Waals surface area contributed by atoms with Gasteiger partial charge in [0.1, 0.15) is 0 Å². The maximum Gasteiger partial charge on any atom is 0.0352 e. The minimum absolute atomic E-state index is 1.15. The van der Waals surface area contributed by atoms with Crippen LogP contribution < -0.4 is 0 Å². The average Bonchev–Trinajstić information content (AvgIpc) is 3.41. The van der Waals surface area contributed by atoms with E-state index in [1.807, 2.05) is 11.3 Å². The van der Waals surface area contributed by atoms with Crippen molar-refractivity contribution in [2.24, 2.45) is 0 Å². The molecule has 0 fully saturated rings. The van der Waals surface area contributed by atoms with Crippen molar-refractivity contribution in [3.8, 4) is 22.3 Å². The third-order valence-corrected chi connectivity index (χ3v) is 10.1. The summed E-state index contributed by atoms with van der Waals surface area (Å²) in [6.07, 6.45) is 6.97. The van der Waals surface area contributed by atoms with Crippen molar-refractivity contribution in [3.05, 3.63) is 138 Å². The van der Waals surface area contributed by atoms with Gasteiger partial charge in [0.2, 0.25) is 0 Å². The van der Waals surface area contributed by atoms with Gasteiger partial charge in [-0.2, -0.15) is 0 Å². The van der Waals surface area contributed by atoms with E-state index in [4.69, 9.17) is 0 Å². The molecule has 0 N–H and O–H groups in total. The summed E-state index contributed by atoms with van der Waals surface area (Å²) in [5.41, 5.74) is 6.65. The molecular weight excluding hydrogens is 513 g/mol. The van der Waals surface area contributed by atoms with Crippen LogP contribution in [0.5, 0.6) is 0 Å². The lowest BCUT2D eigenvalue weighted by Gasteiger charge is -2.19. The van der Waals surface area contributed by atoms with Crippen molar-refractivity contribution in [1.29, 1.82) is 0 Å². The molecule has 0 saturated carbocycles. The quantitative estimate of drug-likeness (QED) is 0.152. The Morgan fingerprint density at radius 1 is 0.488 bits per heavy atom. The first-order valence-electron chi connectivity index (χ1n) is 14.4. The monoisotopic (exact) mass is 538 g/mol. The number of aryl methyl sites for hydroxylation is 1. The fourth-order valence-electron chi connectivity index (χ4n) is 7.10. The Morgan fingerprint density at radius 2 is 1.10 bits per heavy atom. The summed E-state index contributed by atoms with van der Waals surface area (Å²) in [5, 5.41) is 11.8. The number of hydrogen-bond donors (Lipinski definition) is 0. The number of rotatable bonds is 2. The zero-order valence-electron chi connectivity index (χ0n) is 22.5. The molecule has 192 valence electrons. The zero-order valence-corrected chi connectivity index (χ0v) is 23.3. The molecule has 1 aliphatic carbocycles. The summed E-state index contributed by atoms with van der Waals surface area (Å²) >= 11 is 1.96. The highest BCUT2D eigenvalue weighted by Gasteiger charge is 2.20. The molecule has 0 unspecified atom stereocenters. The summed E-state index contributed by atoms with van der Waals surface area (Å²) in [5.74, 6) is 0. The van der Waals surface area contributed by atoms with E-state index < -0.39 is 0 Å². The second-order valence-electron chi connectivity index (χ2n) is 11.1. The topological polar surface area (TPSA) is 0 Å². The summed E-state index contributed by atoms with van der Waals surface area (Å²) in [6.45, 7) is 0. The smallest absolute Gasteiger partial charge is 0.0352 e. The average molecular weight is 539 g/mol. The van der Waals surface area contributed by atoms with Crippen LogP contribution in [0.15, 0.2) is 127 Å². The first kappa shape index (κ1) is 23.0. The minimum Gasteiger partial charge on any atom is -0.140 e. The third kappa shape index (κ3) is 3.40. The Bertz CT molecular complexity index is 2310. The van der Waals surface area contributed by atoms with Gasteiger partial charge < -0.3 is 0 Å². The van der Waals surface area contributed by atoms with Gasteiger partial charge in [-0.05, 0) is 102 Å². The van der Waals surface area contributed by atoms with E-state index in [0.29, 0.717) is 0 Å². The molecule has 8 aromatic rings. The molecule has 1 aromatic heterocycles. The molecule has 41 heavy (non-hydrogen) atoms. The molecule has 0 spiro atoms. The SMILES string of the molecule is C1=Cc2c(sc3ccc(-c4c5ccccc5c(-c5cc6ccccc6c6ccccc56)c5ccccc45)cc23)CC1. The molecule has 0 amide bonds. The van der Waals surface area contributed by atoms with Gasteiger partial charge in [0.15, 0.2) is 0 Å². The van der Waals surface area contributed by atoms with Gasteiger partial charge >= 0.3 is 0 Å². The van der Waals surface area contributed by atoms with Crippen LogP contribution in [-0.4, -0.2) is 0 Å². The van der Waals surface area contributed by atoms with Crippen molar-refractivity contribution in [2.45, 2.75) is 12.8 Å². The van der Waals surface area contributed by atoms with Crippen LogP contribution in [-0.2, 0) is 6.42 Å². The summed E-state index contributed by atoms with van der Waals surface area (Å²) < 4.78 is 1.39. The van der Waals surface area contributed by atoms with E-state index in [0.717, 1.165) is 12.8 Å². The molecule has 0 radical (unpaired) electrons. The Morgan fingerprint density at radius 3 is 1.83 bits per heavy atom. The van der Waals surface area contributed by atoms with E-state index in [-0.39, 0.29) is 0 Å². The molecule has 0 nitrogen and oxygen atoms in total. The third-order valence-electron chi connectivity index (χ3n) is 8.88. The lowest BCUT2D eigenvalue weighted by atomic mass is 9.83. The van der Waals surface area contributed by atoms with Crippen molar-refractivity contribution in [3.63, 3.8) is 0 Å². The lowest BCUT2D eigenvalue weighted by molar-refractivity contribution is 1.02. The largest absolute Gasteiger partial charge is 0.140 e. The van der Waals surface area contributed by atoms with Gasteiger partial charge in [0.25, 0.3) is 0 Å². The maximum atomic E-state index is 2.44. The van der Waals surface area contributed by atoms with Gasteiger partial charge in [-0.25, -0.2) is 0 Å². The van der Waals surface area contributed by atoms with Gasteiger partial charge in [0.05, 0.1) is 0 Å². The highest BCUT2D eigenvalue weighted by molar-refractivity contribution is 7.19. The molecule has 0 atom stereocenters. The second kappa shape index (κ2) is 8.89. The van der Waals surface area contributed by atoms with E-state index in [1.54, 1.807) is 0 Å². The highest BCUT2D eigenvalue weighted by Crippen LogP contribution is 2.47. The Balaban J connectivity index is 1.42. The van der Waals surface area contributed by atoms with Crippen LogP contribution in [0.25, 0.3) is 81.5 Å². The van der Waals surface area contributed by atoms with Gasteiger partial charge in [-0.3, -0.25) is 0 Å². The van der Waals surface area contributed by atoms with E-state index >= 15 is 0 Å². The van der Waals surface area contributed by atoms with Crippen LogP contribution in [0, 0.1) is 0 Å². The molecule has 1 heterocycles. The van der Waals surface area contributed by atoms with Crippen LogP contribution in [0.4, 0.5) is 0 Å². The number of benzene rings is 7.